The Kier molecular flexibility index (Phi) is 2.46. The van der Waals surface area contributed by atoms with Gasteiger partial charge < -0.3 is 9.47 Å². The van der Waals surface area contributed by atoms with Crippen molar-refractivity contribution in [3.8, 4) is 0 Å². The van der Waals surface area contributed by atoms with E-state index in [1.54, 1.807) is 6.08 Å². The molecule has 0 aromatic rings. The molecular formula is C20H20O5. The van der Waals surface area contributed by atoms with E-state index < -0.39 is 22.4 Å². The van der Waals surface area contributed by atoms with E-state index in [0.717, 1.165) is 17.6 Å². The van der Waals surface area contributed by atoms with Crippen LogP contribution < -0.4 is 0 Å². The second-order valence-electron chi connectivity index (χ2n) is 8.22. The van der Waals surface area contributed by atoms with Gasteiger partial charge in [0.05, 0.1) is 0 Å². The summed E-state index contributed by atoms with van der Waals surface area (Å²) in [6.07, 6.45) is 3.18. The second-order valence-corrected chi connectivity index (χ2v) is 8.22. The van der Waals surface area contributed by atoms with Crippen molar-refractivity contribution in [2.75, 3.05) is 0 Å². The van der Waals surface area contributed by atoms with Crippen LogP contribution in [-0.2, 0) is 23.9 Å². The fraction of sp³-hybridized carbons (Fsp3) is 0.550. The van der Waals surface area contributed by atoms with Crippen LogP contribution in [0.3, 0.4) is 0 Å². The minimum atomic E-state index is -1.65. The smallest absolute Gasteiger partial charge is 0.234 e. The molecule has 3 aliphatic carbocycles. The number of hydrogen-bond donors (Lipinski definition) is 0. The lowest BCUT2D eigenvalue weighted by Crippen LogP contribution is -2.60. The average Bonchev–Trinajstić information content (AvgIpc) is 3.18. The van der Waals surface area contributed by atoms with Gasteiger partial charge in [0.2, 0.25) is 17.2 Å². The second kappa shape index (κ2) is 4.04. The largest absolute Gasteiger partial charge is 0.486 e. The minimum absolute atomic E-state index is 0.129. The first-order chi connectivity index (χ1) is 11.7. The van der Waals surface area contributed by atoms with E-state index in [-0.39, 0.29) is 23.4 Å². The number of carbonyl (C=O) groups excluding carboxylic acids is 3. The Bertz CT molecular complexity index is 903. The Balaban J connectivity index is 1.78. The van der Waals surface area contributed by atoms with Crippen molar-refractivity contribution in [2.45, 2.75) is 64.3 Å². The molecule has 0 unspecified atom stereocenters. The number of hydrogen-bond acceptors (Lipinski definition) is 5. The van der Waals surface area contributed by atoms with Crippen molar-refractivity contribution < 1.29 is 23.9 Å². The van der Waals surface area contributed by atoms with E-state index >= 15 is 0 Å². The molecule has 1 fully saturated rings. The molecule has 0 bridgehead atoms. The predicted octanol–water partition coefficient (Wildman–Crippen LogP) is 2.35. The summed E-state index contributed by atoms with van der Waals surface area (Å²) >= 11 is 0. The first kappa shape index (κ1) is 15.3. The Morgan fingerprint density at radius 3 is 2.60 bits per heavy atom. The highest BCUT2D eigenvalue weighted by Gasteiger charge is 2.91. The van der Waals surface area contributed by atoms with Gasteiger partial charge in [0.25, 0.3) is 0 Å². The molecule has 4 atom stereocenters. The Hall–Kier alpha value is -2.01. The summed E-state index contributed by atoms with van der Waals surface area (Å²) in [6.45, 7) is 7.81. The van der Waals surface area contributed by atoms with Gasteiger partial charge in [0, 0.05) is 17.4 Å². The van der Waals surface area contributed by atoms with Crippen molar-refractivity contribution in [1.29, 1.82) is 0 Å². The van der Waals surface area contributed by atoms with E-state index in [1.165, 1.54) is 5.57 Å². The number of epoxide rings is 1. The Labute approximate surface area is 145 Å². The third kappa shape index (κ3) is 1.31. The van der Waals surface area contributed by atoms with Crippen LogP contribution >= 0.6 is 0 Å². The highest BCUT2D eigenvalue weighted by molar-refractivity contribution is 6.35. The molecule has 0 saturated carbocycles. The Morgan fingerprint density at radius 1 is 1.16 bits per heavy atom. The fourth-order valence-electron chi connectivity index (χ4n) is 5.43. The van der Waals surface area contributed by atoms with Gasteiger partial charge in [-0.15, -0.1) is 0 Å². The zero-order chi connectivity index (χ0) is 17.9. The molecule has 1 saturated heterocycles. The molecule has 0 amide bonds. The van der Waals surface area contributed by atoms with Gasteiger partial charge in [-0.1, -0.05) is 12.5 Å². The molecule has 0 spiro atoms. The van der Waals surface area contributed by atoms with Crippen LogP contribution in [0.5, 0.6) is 0 Å². The molecule has 5 heteroatoms. The monoisotopic (exact) mass is 340 g/mol. The van der Waals surface area contributed by atoms with Crippen LogP contribution in [0, 0.1) is 5.41 Å². The maximum Gasteiger partial charge on any atom is 0.234 e. The number of ether oxygens (including phenoxy) is 2. The third-order valence-corrected chi connectivity index (χ3v) is 7.00. The number of rotatable bonds is 0. The highest BCUT2D eigenvalue weighted by atomic mass is 16.7. The molecule has 2 heterocycles. The van der Waals surface area contributed by atoms with Gasteiger partial charge in [0.1, 0.15) is 6.10 Å². The zero-order valence-corrected chi connectivity index (χ0v) is 14.8. The molecule has 5 nitrogen and oxygen atoms in total. The molecule has 5 rings (SSSR count). The molecule has 0 aromatic carbocycles. The molecule has 0 aromatic heterocycles. The number of carbonyl (C=O) groups is 3. The van der Waals surface area contributed by atoms with Gasteiger partial charge in [-0.3, -0.25) is 14.4 Å². The number of allylic oxidation sites excluding steroid dienone is 2. The summed E-state index contributed by atoms with van der Waals surface area (Å²) in [6, 6.07) is 0. The van der Waals surface area contributed by atoms with Gasteiger partial charge >= 0.3 is 0 Å². The van der Waals surface area contributed by atoms with Gasteiger partial charge in [-0.2, -0.15) is 0 Å². The van der Waals surface area contributed by atoms with Gasteiger partial charge in [-0.05, 0) is 50.8 Å². The summed E-state index contributed by atoms with van der Waals surface area (Å²) in [5.41, 5.74) is -0.360. The highest BCUT2D eigenvalue weighted by Crippen LogP contribution is 2.71. The topological polar surface area (TPSA) is 73.0 Å². The van der Waals surface area contributed by atoms with E-state index in [4.69, 9.17) is 9.47 Å². The lowest BCUT2D eigenvalue weighted by molar-refractivity contribution is -0.135. The Morgan fingerprint density at radius 2 is 1.88 bits per heavy atom. The lowest BCUT2D eigenvalue weighted by atomic mass is 9.52. The molecular weight excluding hydrogens is 320 g/mol. The van der Waals surface area contributed by atoms with Crippen molar-refractivity contribution in [1.82, 2.24) is 0 Å². The van der Waals surface area contributed by atoms with E-state index in [0.29, 0.717) is 18.4 Å². The summed E-state index contributed by atoms with van der Waals surface area (Å²) < 4.78 is 11.6. The maximum atomic E-state index is 13.4. The van der Waals surface area contributed by atoms with Crippen LogP contribution in [0.25, 0.3) is 0 Å². The lowest BCUT2D eigenvalue weighted by Gasteiger charge is -2.45. The maximum absolute atomic E-state index is 13.4. The van der Waals surface area contributed by atoms with E-state index in [1.807, 2.05) is 27.7 Å². The third-order valence-electron chi connectivity index (χ3n) is 7.00. The van der Waals surface area contributed by atoms with E-state index in [9.17, 15) is 14.4 Å². The molecule has 2 aliphatic heterocycles. The van der Waals surface area contributed by atoms with Crippen LogP contribution in [0.1, 0.15) is 47.0 Å². The molecule has 130 valence electrons. The van der Waals surface area contributed by atoms with Gasteiger partial charge in [0.15, 0.2) is 17.1 Å². The predicted molar refractivity (Wildman–Crippen MR) is 87.6 cm³/mol. The first-order valence-electron chi connectivity index (χ1n) is 8.83. The molecule has 0 radical (unpaired) electrons. The number of Topliss-reactive ketones (excluding diaryl/α,β-unsaturated/α-hetero) is 2. The zero-order valence-electron chi connectivity index (χ0n) is 14.8. The quantitative estimate of drug-likeness (QED) is 0.500. The molecule has 0 N–H and O–H groups in total. The summed E-state index contributed by atoms with van der Waals surface area (Å²) in [5, 5.41) is 0. The van der Waals surface area contributed by atoms with Gasteiger partial charge in [-0.25, -0.2) is 0 Å². The summed E-state index contributed by atoms with van der Waals surface area (Å²) in [5.74, 6) is -0.944. The summed E-state index contributed by atoms with van der Waals surface area (Å²) in [7, 11) is 0. The normalized spacial score (nSPS) is 44.7. The summed E-state index contributed by atoms with van der Waals surface area (Å²) in [4.78, 5) is 39.6. The SMILES string of the molecule is CC1=C(C)C2=CC(=O)[C@@]34O[C@@]3(C(=O)C3=C(C[C@H](C)O3)C4=O)[C@@]2(C)CC1. The van der Waals surface area contributed by atoms with Crippen molar-refractivity contribution in [2.24, 2.45) is 5.41 Å². The molecule has 5 aliphatic rings. The average molecular weight is 340 g/mol. The van der Waals surface area contributed by atoms with Crippen molar-refractivity contribution >= 4 is 17.3 Å². The molecule has 25 heavy (non-hydrogen) atoms. The minimum Gasteiger partial charge on any atom is -0.486 e. The van der Waals surface area contributed by atoms with Crippen LogP contribution in [0.4, 0.5) is 0 Å². The number of ketones is 3. The van der Waals surface area contributed by atoms with E-state index in [2.05, 4.69) is 0 Å². The van der Waals surface area contributed by atoms with Crippen LogP contribution in [-0.4, -0.2) is 34.7 Å². The van der Waals surface area contributed by atoms with Crippen LogP contribution in [0.15, 0.2) is 34.1 Å². The first-order valence-corrected chi connectivity index (χ1v) is 8.83. The number of fused-ring (bicyclic) bond motifs is 1. The fourth-order valence-corrected chi connectivity index (χ4v) is 5.43. The van der Waals surface area contributed by atoms with Crippen LogP contribution in [0.2, 0.25) is 0 Å². The standard InChI is InChI=1S/C20H20O5/c1-9-5-6-18(4)13(11(9)3)8-14(21)19-16(22)12-7-10(2)24-15(12)17(23)20(18,19)25-19/h8,10H,5-7H2,1-4H3/t10-,18-,19-,20-/m0/s1. The van der Waals surface area contributed by atoms with Crippen molar-refractivity contribution in [3.05, 3.63) is 34.1 Å². The van der Waals surface area contributed by atoms with Crippen molar-refractivity contribution in [3.63, 3.8) is 0 Å².